The second kappa shape index (κ2) is 8.27. The fourth-order valence-corrected chi connectivity index (χ4v) is 5.58. The highest BCUT2D eigenvalue weighted by Gasteiger charge is 2.35. The molecule has 1 aromatic heterocycles. The summed E-state index contributed by atoms with van der Waals surface area (Å²) in [5.74, 6) is -0.553. The van der Waals surface area contributed by atoms with Crippen LogP contribution in [0.2, 0.25) is 0 Å². The van der Waals surface area contributed by atoms with Crippen molar-refractivity contribution < 1.29 is 26.4 Å². The maximum absolute atomic E-state index is 13.2. The number of alkyl halides is 3. The first-order valence-corrected chi connectivity index (χ1v) is 11.3. The Morgan fingerprint density at radius 1 is 1.10 bits per heavy atom. The summed E-state index contributed by atoms with van der Waals surface area (Å²) in [5.41, 5.74) is -0.00708. The Hall–Kier alpha value is -2.40. The van der Waals surface area contributed by atoms with E-state index in [4.69, 9.17) is 0 Å². The van der Waals surface area contributed by atoms with Gasteiger partial charge in [0.1, 0.15) is 4.90 Å². The molecular weight excluding hydrogens is 433 g/mol. The minimum atomic E-state index is -4.54. The molecule has 1 fully saturated rings. The standard InChI is InChI=1S/C20H25F3N4O3S/c1-13(2)27-15(4)18(14(3)24-27)31(29,30)26-10-8-25(9-11-26)19(28)16-6-5-7-17(12-16)20(21,22)23/h5-7,12-13H,8-11H2,1-4H3. The van der Waals surface area contributed by atoms with Gasteiger partial charge in [-0.1, -0.05) is 6.07 Å². The van der Waals surface area contributed by atoms with Gasteiger partial charge in [0.05, 0.1) is 17.0 Å². The third kappa shape index (κ3) is 4.47. The Kier molecular flexibility index (Phi) is 6.21. The summed E-state index contributed by atoms with van der Waals surface area (Å²) >= 11 is 0. The van der Waals surface area contributed by atoms with Gasteiger partial charge in [0.2, 0.25) is 10.0 Å². The van der Waals surface area contributed by atoms with Crippen LogP contribution in [0.3, 0.4) is 0 Å². The number of hydrogen-bond acceptors (Lipinski definition) is 4. The Balaban J connectivity index is 1.76. The Morgan fingerprint density at radius 2 is 1.71 bits per heavy atom. The summed E-state index contributed by atoms with van der Waals surface area (Å²) in [6, 6.07) is 4.24. The fraction of sp³-hybridized carbons (Fsp3) is 0.500. The molecule has 170 valence electrons. The minimum absolute atomic E-state index is 0.00424. The molecule has 0 bridgehead atoms. The summed E-state index contributed by atoms with van der Waals surface area (Å²) in [4.78, 5) is 14.2. The molecule has 2 aromatic rings. The zero-order chi connectivity index (χ0) is 23.1. The summed E-state index contributed by atoms with van der Waals surface area (Å²) in [6.45, 7) is 7.46. The predicted molar refractivity (Wildman–Crippen MR) is 108 cm³/mol. The number of benzene rings is 1. The van der Waals surface area contributed by atoms with E-state index in [2.05, 4.69) is 5.10 Å². The molecule has 2 heterocycles. The highest BCUT2D eigenvalue weighted by molar-refractivity contribution is 7.89. The van der Waals surface area contributed by atoms with Crippen molar-refractivity contribution in [2.75, 3.05) is 26.2 Å². The maximum Gasteiger partial charge on any atom is 0.416 e. The van der Waals surface area contributed by atoms with Crippen LogP contribution in [-0.2, 0) is 16.2 Å². The molecule has 0 atom stereocenters. The van der Waals surface area contributed by atoms with E-state index >= 15 is 0 Å². The number of aromatic nitrogens is 2. The van der Waals surface area contributed by atoms with Gasteiger partial charge in [0.25, 0.3) is 5.91 Å². The molecule has 11 heteroatoms. The van der Waals surface area contributed by atoms with Crippen LogP contribution < -0.4 is 0 Å². The predicted octanol–water partition coefficient (Wildman–Crippen LogP) is 3.25. The molecule has 0 unspecified atom stereocenters. The summed E-state index contributed by atoms with van der Waals surface area (Å²) in [6.07, 6.45) is -4.54. The van der Waals surface area contributed by atoms with Crippen LogP contribution in [0.4, 0.5) is 13.2 Å². The van der Waals surface area contributed by atoms with E-state index in [9.17, 15) is 26.4 Å². The molecule has 0 N–H and O–H groups in total. The van der Waals surface area contributed by atoms with E-state index in [0.717, 1.165) is 12.1 Å². The van der Waals surface area contributed by atoms with Crippen molar-refractivity contribution in [3.8, 4) is 0 Å². The molecule has 0 saturated carbocycles. The lowest BCUT2D eigenvalue weighted by Gasteiger charge is -2.34. The molecular formula is C20H25F3N4O3S. The number of sulfonamides is 1. The van der Waals surface area contributed by atoms with E-state index in [0.29, 0.717) is 11.4 Å². The zero-order valence-corrected chi connectivity index (χ0v) is 18.6. The topological polar surface area (TPSA) is 75.5 Å². The zero-order valence-electron chi connectivity index (χ0n) is 17.8. The summed E-state index contributed by atoms with van der Waals surface area (Å²) in [7, 11) is -3.81. The van der Waals surface area contributed by atoms with Crippen molar-refractivity contribution in [3.05, 3.63) is 46.8 Å². The third-order valence-electron chi connectivity index (χ3n) is 5.31. The molecule has 1 aliphatic heterocycles. The van der Waals surface area contributed by atoms with Crippen LogP contribution in [0.25, 0.3) is 0 Å². The lowest BCUT2D eigenvalue weighted by atomic mass is 10.1. The van der Waals surface area contributed by atoms with E-state index in [1.807, 2.05) is 13.8 Å². The molecule has 1 aliphatic rings. The second-order valence-electron chi connectivity index (χ2n) is 7.81. The lowest BCUT2D eigenvalue weighted by Crippen LogP contribution is -2.50. The van der Waals surface area contributed by atoms with Crippen molar-refractivity contribution in [3.63, 3.8) is 0 Å². The second-order valence-corrected chi connectivity index (χ2v) is 9.69. The first kappa shape index (κ1) is 23.3. The molecule has 3 rings (SSSR count). The number of piperazine rings is 1. The normalized spacial score (nSPS) is 16.2. The van der Waals surface area contributed by atoms with Crippen LogP contribution in [0, 0.1) is 13.8 Å². The first-order chi connectivity index (χ1) is 14.3. The molecule has 0 radical (unpaired) electrons. The van der Waals surface area contributed by atoms with E-state index in [-0.39, 0.29) is 42.7 Å². The van der Waals surface area contributed by atoms with Gasteiger partial charge in [-0.25, -0.2) is 8.42 Å². The van der Waals surface area contributed by atoms with E-state index in [1.54, 1.807) is 18.5 Å². The van der Waals surface area contributed by atoms with Gasteiger partial charge in [-0.2, -0.15) is 22.6 Å². The first-order valence-electron chi connectivity index (χ1n) is 9.86. The number of amides is 1. The number of hydrogen-bond donors (Lipinski definition) is 0. The average Bonchev–Trinajstić information content (AvgIpc) is 3.02. The van der Waals surface area contributed by atoms with Crippen molar-refractivity contribution in [1.82, 2.24) is 19.0 Å². The number of halogens is 3. The van der Waals surface area contributed by atoms with Gasteiger partial charge in [0, 0.05) is 37.8 Å². The number of carbonyl (C=O) groups is 1. The van der Waals surface area contributed by atoms with Gasteiger partial charge < -0.3 is 4.90 Å². The van der Waals surface area contributed by atoms with Crippen LogP contribution in [0.15, 0.2) is 29.2 Å². The maximum atomic E-state index is 13.2. The quantitative estimate of drug-likeness (QED) is 0.705. The monoisotopic (exact) mass is 458 g/mol. The smallest absolute Gasteiger partial charge is 0.336 e. The summed E-state index contributed by atoms with van der Waals surface area (Å²) < 4.78 is 68.2. The molecule has 31 heavy (non-hydrogen) atoms. The number of nitrogens with zero attached hydrogens (tertiary/aromatic N) is 4. The molecule has 1 aromatic carbocycles. The third-order valence-corrected chi connectivity index (χ3v) is 7.46. The van der Waals surface area contributed by atoms with Crippen LogP contribution in [0.1, 0.15) is 47.2 Å². The largest absolute Gasteiger partial charge is 0.416 e. The van der Waals surface area contributed by atoms with Gasteiger partial charge >= 0.3 is 6.18 Å². The SMILES string of the molecule is Cc1nn(C(C)C)c(C)c1S(=O)(=O)N1CCN(C(=O)c2cccc(C(F)(F)F)c2)CC1. The number of carbonyl (C=O) groups excluding carboxylic acids is 1. The summed E-state index contributed by atoms with van der Waals surface area (Å²) in [5, 5.41) is 4.34. The van der Waals surface area contributed by atoms with Crippen molar-refractivity contribution in [2.45, 2.75) is 44.8 Å². The van der Waals surface area contributed by atoms with Crippen LogP contribution in [-0.4, -0.2) is 59.5 Å². The average molecular weight is 459 g/mol. The Morgan fingerprint density at radius 3 is 2.23 bits per heavy atom. The van der Waals surface area contributed by atoms with Gasteiger partial charge in [0.15, 0.2) is 0 Å². The van der Waals surface area contributed by atoms with Gasteiger partial charge in [-0.3, -0.25) is 9.48 Å². The van der Waals surface area contributed by atoms with Crippen molar-refractivity contribution >= 4 is 15.9 Å². The lowest BCUT2D eigenvalue weighted by molar-refractivity contribution is -0.137. The number of aryl methyl sites for hydroxylation is 1. The van der Waals surface area contributed by atoms with Crippen LogP contribution in [0.5, 0.6) is 0 Å². The Labute approximate surface area is 179 Å². The minimum Gasteiger partial charge on any atom is -0.336 e. The van der Waals surface area contributed by atoms with Crippen molar-refractivity contribution in [2.24, 2.45) is 0 Å². The van der Waals surface area contributed by atoms with E-state index < -0.39 is 27.7 Å². The van der Waals surface area contributed by atoms with Gasteiger partial charge in [-0.05, 0) is 45.9 Å². The van der Waals surface area contributed by atoms with Crippen molar-refractivity contribution in [1.29, 1.82) is 0 Å². The molecule has 1 amide bonds. The van der Waals surface area contributed by atoms with Crippen LogP contribution >= 0.6 is 0 Å². The Bertz CT molecular complexity index is 1090. The molecule has 0 spiro atoms. The van der Waals surface area contributed by atoms with E-state index in [1.165, 1.54) is 21.3 Å². The van der Waals surface area contributed by atoms with Gasteiger partial charge in [-0.15, -0.1) is 0 Å². The number of rotatable bonds is 4. The highest BCUT2D eigenvalue weighted by atomic mass is 32.2. The molecule has 0 aliphatic carbocycles. The molecule has 1 saturated heterocycles. The molecule has 7 nitrogen and oxygen atoms in total. The highest BCUT2D eigenvalue weighted by Crippen LogP contribution is 2.30. The fourth-order valence-electron chi connectivity index (χ4n) is 3.80.